The van der Waals surface area contributed by atoms with Gasteiger partial charge in [-0.3, -0.25) is 19.6 Å². The van der Waals surface area contributed by atoms with Crippen molar-refractivity contribution in [3.8, 4) is 11.3 Å². The van der Waals surface area contributed by atoms with E-state index in [2.05, 4.69) is 15.1 Å². The topological polar surface area (TPSA) is 81.8 Å². The highest BCUT2D eigenvalue weighted by atomic mass is 35.5. The highest BCUT2D eigenvalue weighted by Gasteiger charge is 2.26. The number of carbonyl (C=O) groups is 2. The summed E-state index contributed by atoms with van der Waals surface area (Å²) in [5.41, 5.74) is 1.88. The van der Waals surface area contributed by atoms with E-state index in [1.54, 1.807) is 17.0 Å². The van der Waals surface area contributed by atoms with Crippen molar-refractivity contribution in [2.24, 2.45) is 0 Å². The first kappa shape index (κ1) is 19.9. The van der Waals surface area contributed by atoms with Crippen molar-refractivity contribution in [3.63, 3.8) is 0 Å². The maximum atomic E-state index is 12.8. The summed E-state index contributed by atoms with van der Waals surface area (Å²) in [4.78, 5) is 31.0. The molecule has 1 N–H and O–H groups in total. The van der Waals surface area contributed by atoms with Crippen molar-refractivity contribution < 1.29 is 14.3 Å². The minimum Gasteiger partial charge on any atom is -0.378 e. The normalized spacial score (nSPS) is 18.1. The third kappa shape index (κ3) is 4.60. The van der Waals surface area contributed by atoms with Crippen molar-refractivity contribution >= 4 is 23.4 Å². The lowest BCUT2D eigenvalue weighted by Gasteiger charge is -2.35. The summed E-state index contributed by atoms with van der Waals surface area (Å²) < 4.78 is 5.29. The molecule has 2 saturated heterocycles. The molecule has 2 aromatic rings. The number of piperazine rings is 1. The molecule has 0 aliphatic carbocycles. The fourth-order valence-corrected chi connectivity index (χ4v) is 3.85. The molecule has 154 valence electrons. The Bertz CT molecular complexity index is 873. The molecule has 2 aliphatic rings. The number of carbonyl (C=O) groups excluding carboxylic acids is 2. The summed E-state index contributed by atoms with van der Waals surface area (Å²) in [5.74, 6) is 0.0426. The Kier molecular flexibility index (Phi) is 6.13. The predicted octanol–water partition coefficient (Wildman–Crippen LogP) is 1.35. The van der Waals surface area contributed by atoms with Gasteiger partial charge in [0.1, 0.15) is 5.69 Å². The van der Waals surface area contributed by atoms with E-state index in [4.69, 9.17) is 16.3 Å². The number of ether oxygens (including phenoxy) is 1. The largest absolute Gasteiger partial charge is 0.378 e. The summed E-state index contributed by atoms with van der Waals surface area (Å²) in [7, 11) is 0. The van der Waals surface area contributed by atoms with Gasteiger partial charge in [-0.25, -0.2) is 0 Å². The number of rotatable bonds is 4. The van der Waals surface area contributed by atoms with Crippen LogP contribution in [0.2, 0.25) is 5.02 Å². The van der Waals surface area contributed by atoms with Crippen LogP contribution in [0.15, 0.2) is 30.3 Å². The van der Waals surface area contributed by atoms with Gasteiger partial charge in [-0.15, -0.1) is 0 Å². The maximum absolute atomic E-state index is 12.8. The third-order valence-corrected chi connectivity index (χ3v) is 5.67. The van der Waals surface area contributed by atoms with Crippen LogP contribution < -0.4 is 0 Å². The zero-order valence-corrected chi connectivity index (χ0v) is 16.9. The minimum absolute atomic E-state index is 0.0880. The van der Waals surface area contributed by atoms with Gasteiger partial charge >= 0.3 is 0 Å². The molecular weight excluding hydrogens is 394 g/mol. The highest BCUT2D eigenvalue weighted by Crippen LogP contribution is 2.26. The lowest BCUT2D eigenvalue weighted by molar-refractivity contribution is -0.136. The van der Waals surface area contributed by atoms with E-state index < -0.39 is 0 Å². The summed E-state index contributed by atoms with van der Waals surface area (Å²) >= 11 is 6.22. The Labute approximate surface area is 174 Å². The van der Waals surface area contributed by atoms with Crippen LogP contribution in [0.4, 0.5) is 0 Å². The zero-order valence-electron chi connectivity index (χ0n) is 16.1. The van der Waals surface area contributed by atoms with E-state index in [0.717, 1.165) is 5.56 Å². The molecule has 1 aromatic carbocycles. The molecule has 29 heavy (non-hydrogen) atoms. The standard InChI is InChI=1S/C20H24ClN5O3/c21-16-4-2-1-3-15(16)17-13-18(23-22-17)20(28)26-7-5-24(6-8-26)14-19(27)25-9-11-29-12-10-25/h1-4,13H,5-12,14H2,(H,22,23). The highest BCUT2D eigenvalue weighted by molar-refractivity contribution is 6.33. The molecule has 0 saturated carbocycles. The van der Waals surface area contributed by atoms with Crippen molar-refractivity contribution in [2.45, 2.75) is 0 Å². The van der Waals surface area contributed by atoms with Crippen LogP contribution in [0, 0.1) is 0 Å². The molecule has 0 unspecified atom stereocenters. The van der Waals surface area contributed by atoms with Gasteiger partial charge in [0.2, 0.25) is 5.91 Å². The first-order valence-corrected chi connectivity index (χ1v) is 10.2. The molecule has 0 spiro atoms. The number of amides is 2. The smallest absolute Gasteiger partial charge is 0.271 e. The van der Waals surface area contributed by atoms with Gasteiger partial charge in [-0.05, 0) is 12.1 Å². The second-order valence-corrected chi connectivity index (χ2v) is 7.62. The van der Waals surface area contributed by atoms with E-state index in [1.165, 1.54) is 0 Å². The van der Waals surface area contributed by atoms with Gasteiger partial charge in [0.05, 0.1) is 30.5 Å². The zero-order chi connectivity index (χ0) is 20.2. The Hall–Kier alpha value is -2.42. The molecule has 2 aliphatic heterocycles. The molecule has 2 fully saturated rings. The van der Waals surface area contributed by atoms with Gasteiger partial charge in [0, 0.05) is 44.8 Å². The Morgan fingerprint density at radius 2 is 1.76 bits per heavy atom. The van der Waals surface area contributed by atoms with Crippen molar-refractivity contribution in [3.05, 3.63) is 41.0 Å². The first-order valence-electron chi connectivity index (χ1n) is 9.79. The van der Waals surface area contributed by atoms with Crippen LogP contribution in [0.5, 0.6) is 0 Å². The van der Waals surface area contributed by atoms with E-state index in [0.29, 0.717) is 75.4 Å². The lowest BCUT2D eigenvalue weighted by atomic mass is 10.1. The first-order chi connectivity index (χ1) is 14.1. The molecule has 0 radical (unpaired) electrons. The van der Waals surface area contributed by atoms with E-state index in [-0.39, 0.29) is 11.8 Å². The molecule has 2 amide bonds. The summed E-state index contributed by atoms with van der Waals surface area (Å²) in [6, 6.07) is 9.14. The van der Waals surface area contributed by atoms with Gasteiger partial charge in [-0.1, -0.05) is 29.8 Å². The van der Waals surface area contributed by atoms with Crippen LogP contribution in [0.1, 0.15) is 10.5 Å². The Balaban J connectivity index is 1.31. The second kappa shape index (κ2) is 8.94. The van der Waals surface area contributed by atoms with E-state index in [1.807, 2.05) is 23.1 Å². The van der Waals surface area contributed by atoms with Gasteiger partial charge in [-0.2, -0.15) is 5.10 Å². The lowest BCUT2D eigenvalue weighted by Crippen LogP contribution is -2.52. The SMILES string of the molecule is O=C(CN1CCN(C(=O)c2cc(-c3ccccc3Cl)n[nH]2)CC1)N1CCOCC1. The molecule has 3 heterocycles. The predicted molar refractivity (Wildman–Crippen MR) is 109 cm³/mol. The third-order valence-electron chi connectivity index (χ3n) is 5.34. The molecule has 0 atom stereocenters. The molecule has 0 bridgehead atoms. The molecule has 8 nitrogen and oxygen atoms in total. The van der Waals surface area contributed by atoms with Crippen molar-refractivity contribution in [1.82, 2.24) is 24.9 Å². The summed E-state index contributed by atoms with van der Waals surface area (Å²) in [6.45, 7) is 5.42. The number of nitrogens with one attached hydrogen (secondary N) is 1. The van der Waals surface area contributed by atoms with Crippen LogP contribution in [0.25, 0.3) is 11.3 Å². The molecule has 4 rings (SSSR count). The average molecular weight is 418 g/mol. The van der Waals surface area contributed by atoms with Crippen molar-refractivity contribution in [1.29, 1.82) is 0 Å². The quantitative estimate of drug-likeness (QED) is 0.812. The van der Waals surface area contributed by atoms with Crippen LogP contribution in [-0.4, -0.2) is 95.7 Å². The van der Waals surface area contributed by atoms with Crippen LogP contribution >= 0.6 is 11.6 Å². The molecule has 1 aromatic heterocycles. The number of aromatic nitrogens is 2. The number of benzene rings is 1. The molecular formula is C20H24ClN5O3. The van der Waals surface area contributed by atoms with E-state index in [9.17, 15) is 9.59 Å². The van der Waals surface area contributed by atoms with E-state index >= 15 is 0 Å². The van der Waals surface area contributed by atoms with Crippen LogP contribution in [0.3, 0.4) is 0 Å². The average Bonchev–Trinajstić information content (AvgIpc) is 3.25. The maximum Gasteiger partial charge on any atom is 0.271 e. The Morgan fingerprint density at radius 3 is 2.48 bits per heavy atom. The number of halogens is 1. The summed E-state index contributed by atoms with van der Waals surface area (Å²) in [6.07, 6.45) is 0. The van der Waals surface area contributed by atoms with Gasteiger partial charge in [0.25, 0.3) is 5.91 Å². The fourth-order valence-electron chi connectivity index (χ4n) is 3.62. The monoisotopic (exact) mass is 417 g/mol. The number of nitrogens with zero attached hydrogens (tertiary/aromatic N) is 4. The number of hydrogen-bond donors (Lipinski definition) is 1. The number of hydrogen-bond acceptors (Lipinski definition) is 5. The number of aromatic amines is 1. The number of morpholine rings is 1. The van der Waals surface area contributed by atoms with Crippen LogP contribution in [-0.2, 0) is 9.53 Å². The minimum atomic E-state index is -0.0880. The Morgan fingerprint density at radius 1 is 1.03 bits per heavy atom. The second-order valence-electron chi connectivity index (χ2n) is 7.21. The summed E-state index contributed by atoms with van der Waals surface area (Å²) in [5, 5.41) is 7.66. The van der Waals surface area contributed by atoms with Gasteiger partial charge < -0.3 is 14.5 Å². The number of H-pyrrole nitrogens is 1. The fraction of sp³-hybridized carbons (Fsp3) is 0.450. The van der Waals surface area contributed by atoms with Gasteiger partial charge in [0.15, 0.2) is 0 Å². The molecule has 9 heteroatoms. The van der Waals surface area contributed by atoms with Crippen molar-refractivity contribution in [2.75, 3.05) is 59.0 Å².